The minimum Gasteiger partial charge on any atom is -0.377 e. The van der Waals surface area contributed by atoms with E-state index in [1.807, 2.05) is 32.1 Å². The standard InChI is InChI=1S/C16H29N3O/c1-15(2)6-8-16(20-5,9-7-15)14(17-3)10-13-11-18-19(4)12-13/h11-12,14,17H,6-10H2,1-5H3. The van der Waals surface area contributed by atoms with Crippen LogP contribution in [0, 0.1) is 5.41 Å². The van der Waals surface area contributed by atoms with Crippen molar-refractivity contribution in [1.29, 1.82) is 0 Å². The predicted molar refractivity (Wildman–Crippen MR) is 81.7 cm³/mol. The van der Waals surface area contributed by atoms with E-state index in [4.69, 9.17) is 4.74 Å². The highest BCUT2D eigenvalue weighted by Crippen LogP contribution is 2.43. The maximum Gasteiger partial charge on any atom is 0.0834 e. The fourth-order valence-electron chi connectivity index (χ4n) is 3.41. The van der Waals surface area contributed by atoms with Gasteiger partial charge in [0.2, 0.25) is 0 Å². The van der Waals surface area contributed by atoms with Crippen molar-refractivity contribution in [2.24, 2.45) is 12.5 Å². The van der Waals surface area contributed by atoms with Gasteiger partial charge in [-0.2, -0.15) is 5.10 Å². The van der Waals surface area contributed by atoms with Gasteiger partial charge in [0, 0.05) is 26.4 Å². The Labute approximate surface area is 122 Å². The number of hydrogen-bond acceptors (Lipinski definition) is 3. The van der Waals surface area contributed by atoms with E-state index in [9.17, 15) is 0 Å². The first-order chi connectivity index (χ1) is 9.41. The van der Waals surface area contributed by atoms with Crippen molar-refractivity contribution < 1.29 is 4.74 Å². The summed E-state index contributed by atoms with van der Waals surface area (Å²) < 4.78 is 7.88. The normalized spacial score (nSPS) is 22.6. The highest BCUT2D eigenvalue weighted by Gasteiger charge is 2.43. The first-order valence-electron chi connectivity index (χ1n) is 7.61. The number of hydrogen-bond donors (Lipinski definition) is 1. The molecule has 0 radical (unpaired) electrons. The molecule has 1 aromatic rings. The number of methoxy groups -OCH3 is 1. The van der Waals surface area contributed by atoms with Crippen LogP contribution in [0.4, 0.5) is 0 Å². The molecule has 0 amide bonds. The number of aromatic nitrogens is 2. The van der Waals surface area contributed by atoms with Crippen LogP contribution >= 0.6 is 0 Å². The van der Waals surface area contributed by atoms with Crippen LogP contribution in [-0.4, -0.2) is 35.6 Å². The summed E-state index contributed by atoms with van der Waals surface area (Å²) in [5.74, 6) is 0. The Kier molecular flexibility index (Phi) is 4.55. The number of rotatable bonds is 5. The maximum atomic E-state index is 6.01. The largest absolute Gasteiger partial charge is 0.377 e. The summed E-state index contributed by atoms with van der Waals surface area (Å²) in [5.41, 5.74) is 1.68. The molecule has 1 aliphatic carbocycles. The first kappa shape index (κ1) is 15.5. The Bertz CT molecular complexity index is 429. The summed E-state index contributed by atoms with van der Waals surface area (Å²) in [4.78, 5) is 0. The number of likely N-dealkylation sites (N-methyl/N-ethyl adjacent to an activating group) is 1. The monoisotopic (exact) mass is 279 g/mol. The highest BCUT2D eigenvalue weighted by molar-refractivity contribution is 5.10. The zero-order chi connectivity index (χ0) is 14.8. The molecule has 1 heterocycles. The summed E-state index contributed by atoms with van der Waals surface area (Å²) >= 11 is 0. The zero-order valence-electron chi connectivity index (χ0n) is 13.6. The molecule has 4 heteroatoms. The fourth-order valence-corrected chi connectivity index (χ4v) is 3.41. The summed E-state index contributed by atoms with van der Waals surface area (Å²) in [6.45, 7) is 4.73. The lowest BCUT2D eigenvalue weighted by Crippen LogP contribution is -2.54. The van der Waals surface area contributed by atoms with Crippen LogP contribution in [0.3, 0.4) is 0 Å². The smallest absolute Gasteiger partial charge is 0.0834 e. The summed E-state index contributed by atoms with van der Waals surface area (Å²) in [6, 6.07) is 0.341. The van der Waals surface area contributed by atoms with Gasteiger partial charge in [0.15, 0.2) is 0 Å². The SMILES string of the molecule is CNC(Cc1cnn(C)c1)C1(OC)CCC(C)(C)CC1. The van der Waals surface area contributed by atoms with E-state index in [0.717, 1.165) is 19.3 Å². The lowest BCUT2D eigenvalue weighted by molar-refractivity contribution is -0.0847. The van der Waals surface area contributed by atoms with Crippen LogP contribution < -0.4 is 5.32 Å². The van der Waals surface area contributed by atoms with E-state index in [0.29, 0.717) is 11.5 Å². The molecule has 0 aromatic carbocycles. The van der Waals surface area contributed by atoms with Crippen molar-refractivity contribution >= 4 is 0 Å². The van der Waals surface area contributed by atoms with E-state index < -0.39 is 0 Å². The number of ether oxygens (including phenoxy) is 1. The van der Waals surface area contributed by atoms with Crippen molar-refractivity contribution in [3.05, 3.63) is 18.0 Å². The molecule has 0 saturated heterocycles. The van der Waals surface area contributed by atoms with E-state index in [-0.39, 0.29) is 5.60 Å². The summed E-state index contributed by atoms with van der Waals surface area (Å²) in [5, 5.41) is 7.76. The summed E-state index contributed by atoms with van der Waals surface area (Å²) in [7, 11) is 5.88. The molecular weight excluding hydrogens is 250 g/mol. The fraction of sp³-hybridized carbons (Fsp3) is 0.812. The van der Waals surface area contributed by atoms with Gasteiger partial charge in [0.25, 0.3) is 0 Å². The second-order valence-corrected chi connectivity index (χ2v) is 7.00. The van der Waals surface area contributed by atoms with Gasteiger partial charge >= 0.3 is 0 Å². The van der Waals surface area contributed by atoms with Crippen molar-refractivity contribution in [3.63, 3.8) is 0 Å². The lowest BCUT2D eigenvalue weighted by Gasteiger charge is -2.47. The van der Waals surface area contributed by atoms with Crippen LogP contribution in [0.2, 0.25) is 0 Å². The minimum absolute atomic E-state index is 0.0416. The predicted octanol–water partition coefficient (Wildman–Crippen LogP) is 2.54. The van der Waals surface area contributed by atoms with Crippen LogP contribution in [0.1, 0.15) is 45.1 Å². The molecule has 1 unspecified atom stereocenters. The van der Waals surface area contributed by atoms with Gasteiger partial charge in [-0.25, -0.2) is 0 Å². The van der Waals surface area contributed by atoms with E-state index >= 15 is 0 Å². The van der Waals surface area contributed by atoms with Gasteiger partial charge in [-0.1, -0.05) is 13.8 Å². The Hall–Kier alpha value is -0.870. The Morgan fingerprint density at radius 1 is 1.35 bits per heavy atom. The molecule has 20 heavy (non-hydrogen) atoms. The number of nitrogens with zero attached hydrogens (tertiary/aromatic N) is 2. The number of nitrogens with one attached hydrogen (secondary N) is 1. The van der Waals surface area contributed by atoms with E-state index in [1.54, 1.807) is 0 Å². The van der Waals surface area contributed by atoms with Gasteiger partial charge < -0.3 is 10.1 Å². The Balaban J connectivity index is 2.11. The van der Waals surface area contributed by atoms with Gasteiger partial charge in [-0.15, -0.1) is 0 Å². The molecular formula is C16H29N3O. The van der Waals surface area contributed by atoms with Gasteiger partial charge in [0.1, 0.15) is 0 Å². The molecule has 0 spiro atoms. The molecule has 114 valence electrons. The van der Waals surface area contributed by atoms with Crippen LogP contribution in [0.5, 0.6) is 0 Å². The second kappa shape index (κ2) is 5.86. The molecule has 1 saturated carbocycles. The number of aryl methyl sites for hydroxylation is 1. The second-order valence-electron chi connectivity index (χ2n) is 7.00. The van der Waals surface area contributed by atoms with E-state index in [2.05, 4.69) is 30.5 Å². The van der Waals surface area contributed by atoms with Crippen molar-refractivity contribution in [2.75, 3.05) is 14.2 Å². The molecule has 0 bridgehead atoms. The van der Waals surface area contributed by atoms with Crippen molar-refractivity contribution in [2.45, 2.75) is 57.6 Å². The first-order valence-corrected chi connectivity index (χ1v) is 7.61. The minimum atomic E-state index is -0.0416. The Morgan fingerprint density at radius 2 is 2.00 bits per heavy atom. The average molecular weight is 279 g/mol. The van der Waals surface area contributed by atoms with Gasteiger partial charge in [0.05, 0.1) is 11.8 Å². The third kappa shape index (κ3) is 3.23. The van der Waals surface area contributed by atoms with Gasteiger partial charge in [-0.3, -0.25) is 4.68 Å². The maximum absolute atomic E-state index is 6.01. The van der Waals surface area contributed by atoms with Crippen molar-refractivity contribution in [3.8, 4) is 0 Å². The molecule has 1 aliphatic rings. The van der Waals surface area contributed by atoms with E-state index in [1.165, 1.54) is 18.4 Å². The van der Waals surface area contributed by atoms with Gasteiger partial charge in [-0.05, 0) is 50.1 Å². The zero-order valence-corrected chi connectivity index (χ0v) is 13.6. The molecule has 4 nitrogen and oxygen atoms in total. The quantitative estimate of drug-likeness (QED) is 0.900. The lowest BCUT2D eigenvalue weighted by atomic mass is 9.67. The van der Waals surface area contributed by atoms with Crippen molar-refractivity contribution in [1.82, 2.24) is 15.1 Å². The third-order valence-corrected chi connectivity index (χ3v) is 5.04. The summed E-state index contributed by atoms with van der Waals surface area (Å²) in [6.07, 6.45) is 9.74. The average Bonchev–Trinajstić information content (AvgIpc) is 2.83. The molecule has 2 rings (SSSR count). The highest BCUT2D eigenvalue weighted by atomic mass is 16.5. The molecule has 1 fully saturated rings. The molecule has 0 aliphatic heterocycles. The van der Waals surface area contributed by atoms with Crippen LogP contribution in [-0.2, 0) is 18.2 Å². The topological polar surface area (TPSA) is 39.1 Å². The molecule has 1 N–H and O–H groups in total. The third-order valence-electron chi connectivity index (χ3n) is 5.04. The van der Waals surface area contributed by atoms with Crippen LogP contribution in [0.25, 0.3) is 0 Å². The van der Waals surface area contributed by atoms with Crippen LogP contribution in [0.15, 0.2) is 12.4 Å². The Morgan fingerprint density at radius 3 is 2.45 bits per heavy atom. The molecule has 1 atom stereocenters. The molecule has 1 aromatic heterocycles.